The van der Waals surface area contributed by atoms with E-state index in [9.17, 15) is 19.7 Å². The number of nitrogens with zero attached hydrogens (tertiary/aromatic N) is 2. The molecule has 150 valence electrons. The molecule has 0 saturated heterocycles. The van der Waals surface area contributed by atoms with Gasteiger partial charge in [-0.3, -0.25) is 19.9 Å². The first kappa shape index (κ1) is 21.2. The largest absolute Gasteiger partial charge is 0.468 e. The Hall–Kier alpha value is -3.07. The Kier molecular flexibility index (Phi) is 7.00. The van der Waals surface area contributed by atoms with Crippen molar-refractivity contribution in [2.75, 3.05) is 20.3 Å². The van der Waals surface area contributed by atoms with Gasteiger partial charge in [-0.25, -0.2) is 4.79 Å². The minimum atomic E-state index is -0.920. The third-order valence-corrected chi connectivity index (χ3v) is 4.48. The first-order chi connectivity index (χ1) is 13.3. The van der Waals surface area contributed by atoms with Crippen molar-refractivity contribution >= 4 is 23.3 Å². The molecule has 0 spiro atoms. The number of carbonyl (C=O) groups is 2. The molecule has 1 aliphatic heterocycles. The van der Waals surface area contributed by atoms with Crippen molar-refractivity contribution in [1.82, 2.24) is 0 Å². The topological polar surface area (TPSA) is 128 Å². The van der Waals surface area contributed by atoms with E-state index in [0.29, 0.717) is 17.0 Å². The zero-order valence-electron chi connectivity index (χ0n) is 15.9. The van der Waals surface area contributed by atoms with Crippen LogP contribution in [0.15, 0.2) is 40.5 Å². The second-order valence-electron chi connectivity index (χ2n) is 6.30. The number of esters is 2. The summed E-state index contributed by atoms with van der Waals surface area (Å²) in [5, 5.41) is 20.1. The third-order valence-electron chi connectivity index (χ3n) is 4.48. The van der Waals surface area contributed by atoms with Gasteiger partial charge in [-0.2, -0.15) is 0 Å². The smallest absolute Gasteiger partial charge is 0.336 e. The molecule has 1 aliphatic rings. The van der Waals surface area contributed by atoms with Crippen molar-refractivity contribution in [2.45, 2.75) is 26.2 Å². The second-order valence-corrected chi connectivity index (χ2v) is 6.30. The van der Waals surface area contributed by atoms with Gasteiger partial charge >= 0.3 is 11.9 Å². The zero-order chi connectivity index (χ0) is 20.8. The van der Waals surface area contributed by atoms with Gasteiger partial charge in [0, 0.05) is 42.5 Å². The van der Waals surface area contributed by atoms with E-state index < -0.39 is 28.7 Å². The van der Waals surface area contributed by atoms with E-state index in [1.54, 1.807) is 19.9 Å². The monoisotopic (exact) mass is 390 g/mol. The van der Waals surface area contributed by atoms with Gasteiger partial charge in [0.1, 0.15) is 5.92 Å². The molecule has 2 unspecified atom stereocenters. The fraction of sp³-hybridized carbons (Fsp3) is 0.421. The number of hydrogen-bond donors (Lipinski definition) is 1. The molecule has 28 heavy (non-hydrogen) atoms. The van der Waals surface area contributed by atoms with Gasteiger partial charge in [0.05, 0.1) is 24.2 Å². The van der Waals surface area contributed by atoms with E-state index in [4.69, 9.17) is 14.6 Å². The zero-order valence-corrected chi connectivity index (χ0v) is 15.9. The standard InChI is InChI=1S/C19H22N2O7/c1-11-15(18(23)27-3)17(13-6-4-7-14(10-13)21(25)26)16(12(2)20-11)19(24)28-9-5-8-22/h4,6-7,10,15,17,22H,5,8-9H2,1-3H3. The van der Waals surface area contributed by atoms with E-state index >= 15 is 0 Å². The number of non-ortho nitro benzene ring substituents is 1. The van der Waals surface area contributed by atoms with E-state index in [0.717, 1.165) is 0 Å². The molecule has 1 aromatic carbocycles. The highest BCUT2D eigenvalue weighted by atomic mass is 16.6. The van der Waals surface area contributed by atoms with E-state index in [2.05, 4.69) is 4.99 Å². The Labute approximate surface area is 161 Å². The van der Waals surface area contributed by atoms with Gasteiger partial charge in [-0.15, -0.1) is 0 Å². The summed E-state index contributed by atoms with van der Waals surface area (Å²) >= 11 is 0. The van der Waals surface area contributed by atoms with E-state index in [-0.39, 0.29) is 30.9 Å². The number of carbonyl (C=O) groups excluding carboxylic acids is 2. The Balaban J connectivity index is 2.59. The lowest BCUT2D eigenvalue weighted by atomic mass is 9.75. The van der Waals surface area contributed by atoms with Crippen molar-refractivity contribution in [3.63, 3.8) is 0 Å². The normalized spacial score (nSPS) is 19.1. The van der Waals surface area contributed by atoms with Crippen molar-refractivity contribution in [2.24, 2.45) is 10.9 Å². The average molecular weight is 390 g/mol. The summed E-state index contributed by atoms with van der Waals surface area (Å²) < 4.78 is 10.1. The van der Waals surface area contributed by atoms with Crippen LogP contribution < -0.4 is 0 Å². The minimum Gasteiger partial charge on any atom is -0.468 e. The number of aliphatic hydroxyl groups is 1. The Morgan fingerprint density at radius 1 is 1.32 bits per heavy atom. The van der Waals surface area contributed by atoms with Crippen LogP contribution in [0.1, 0.15) is 31.7 Å². The molecular formula is C19H22N2O7. The maximum absolute atomic E-state index is 12.7. The number of aliphatic imine (C=N–C) groups is 1. The van der Waals surface area contributed by atoms with Gasteiger partial charge < -0.3 is 14.6 Å². The molecule has 2 atom stereocenters. The first-order valence-electron chi connectivity index (χ1n) is 8.68. The molecule has 1 heterocycles. The highest BCUT2D eigenvalue weighted by Gasteiger charge is 2.42. The summed E-state index contributed by atoms with van der Waals surface area (Å²) in [6.45, 7) is 3.12. The van der Waals surface area contributed by atoms with Crippen LogP contribution in [0.2, 0.25) is 0 Å². The van der Waals surface area contributed by atoms with E-state index in [1.807, 2.05) is 0 Å². The number of rotatable bonds is 7. The second kappa shape index (κ2) is 9.23. The number of nitro benzene ring substituents is 1. The summed E-state index contributed by atoms with van der Waals surface area (Å²) in [7, 11) is 1.23. The van der Waals surface area contributed by atoms with Gasteiger partial charge in [0.25, 0.3) is 5.69 Å². The summed E-state index contributed by atoms with van der Waals surface area (Å²) in [6, 6.07) is 5.76. The fourth-order valence-corrected chi connectivity index (χ4v) is 3.23. The molecule has 0 bridgehead atoms. The van der Waals surface area contributed by atoms with Crippen LogP contribution in [0.5, 0.6) is 0 Å². The van der Waals surface area contributed by atoms with Gasteiger partial charge in [-0.1, -0.05) is 12.1 Å². The van der Waals surface area contributed by atoms with Crippen molar-refractivity contribution in [3.8, 4) is 0 Å². The summed E-state index contributed by atoms with van der Waals surface area (Å²) in [5.41, 5.74) is 1.19. The molecule has 0 saturated carbocycles. The molecule has 9 heteroatoms. The molecule has 0 aliphatic carbocycles. The van der Waals surface area contributed by atoms with Crippen molar-refractivity contribution < 1.29 is 29.1 Å². The van der Waals surface area contributed by atoms with Crippen LogP contribution in [0.3, 0.4) is 0 Å². The fourth-order valence-electron chi connectivity index (χ4n) is 3.23. The Morgan fingerprint density at radius 2 is 2.04 bits per heavy atom. The number of methoxy groups -OCH3 is 1. The van der Waals surface area contributed by atoms with Crippen LogP contribution in [-0.2, 0) is 19.1 Å². The molecule has 1 N–H and O–H groups in total. The molecule has 0 fully saturated rings. The highest BCUT2D eigenvalue weighted by Crippen LogP contribution is 2.40. The number of aliphatic hydroxyl groups excluding tert-OH is 1. The maximum Gasteiger partial charge on any atom is 0.336 e. The molecule has 9 nitrogen and oxygen atoms in total. The predicted octanol–water partition coefficient (Wildman–Crippen LogP) is 2.14. The summed E-state index contributed by atoms with van der Waals surface area (Å²) in [6.07, 6.45) is 0.266. The maximum atomic E-state index is 12.7. The third kappa shape index (κ3) is 4.42. The number of allylic oxidation sites excluding steroid dienone is 1. The number of hydrogen-bond acceptors (Lipinski definition) is 8. The lowest BCUT2D eigenvalue weighted by Gasteiger charge is -2.31. The van der Waals surface area contributed by atoms with Crippen LogP contribution in [0.4, 0.5) is 5.69 Å². The number of ether oxygens (including phenoxy) is 2. The SMILES string of the molecule is COC(=O)C1C(C)=NC(C)=C(C(=O)OCCCO)C1c1cccc([N+](=O)[O-])c1. The molecule has 2 rings (SSSR count). The molecule has 0 amide bonds. The quantitative estimate of drug-likeness (QED) is 0.327. The van der Waals surface area contributed by atoms with E-state index in [1.165, 1.54) is 25.3 Å². The van der Waals surface area contributed by atoms with Crippen molar-refractivity contribution in [1.29, 1.82) is 0 Å². The van der Waals surface area contributed by atoms with Crippen LogP contribution in [0, 0.1) is 16.0 Å². The number of nitro groups is 1. The lowest BCUT2D eigenvalue weighted by molar-refractivity contribution is -0.384. The molecule has 1 aromatic rings. The summed E-state index contributed by atoms with van der Waals surface area (Å²) in [4.78, 5) is 40.2. The summed E-state index contributed by atoms with van der Waals surface area (Å²) in [5.74, 6) is -3.05. The van der Waals surface area contributed by atoms with Crippen LogP contribution in [0.25, 0.3) is 0 Å². The van der Waals surface area contributed by atoms with Crippen molar-refractivity contribution in [3.05, 3.63) is 51.2 Å². The molecular weight excluding hydrogens is 368 g/mol. The Morgan fingerprint density at radius 3 is 2.64 bits per heavy atom. The lowest BCUT2D eigenvalue weighted by Crippen LogP contribution is -2.36. The molecule has 0 aromatic heterocycles. The van der Waals surface area contributed by atoms with Gasteiger partial charge in [0.2, 0.25) is 0 Å². The number of benzene rings is 1. The predicted molar refractivity (Wildman–Crippen MR) is 99.8 cm³/mol. The first-order valence-corrected chi connectivity index (χ1v) is 8.68. The van der Waals surface area contributed by atoms with Gasteiger partial charge in [-0.05, 0) is 19.4 Å². The average Bonchev–Trinajstić information content (AvgIpc) is 2.67. The highest BCUT2D eigenvalue weighted by molar-refractivity contribution is 6.07. The van der Waals surface area contributed by atoms with Crippen LogP contribution in [-0.4, -0.2) is 48.0 Å². The Bertz CT molecular complexity index is 844. The minimum absolute atomic E-state index is 0.000637. The van der Waals surface area contributed by atoms with Gasteiger partial charge in [0.15, 0.2) is 0 Å². The van der Waals surface area contributed by atoms with Crippen LogP contribution >= 0.6 is 0 Å². The molecule has 0 radical (unpaired) electrons.